The number of aromatic nitrogens is 2. The van der Waals surface area contributed by atoms with Crippen LogP contribution in [0.3, 0.4) is 0 Å². The lowest BCUT2D eigenvalue weighted by molar-refractivity contribution is -0.383. The van der Waals surface area contributed by atoms with Gasteiger partial charge < -0.3 is 35.6 Å². The average molecular weight is 553 g/mol. The van der Waals surface area contributed by atoms with E-state index in [2.05, 4.69) is 20.9 Å². The maximum Gasteiger partial charge on any atom is 0.292 e. The number of nitro groups is 1. The summed E-state index contributed by atoms with van der Waals surface area (Å²) < 4.78 is 10.2. The van der Waals surface area contributed by atoms with Crippen molar-refractivity contribution in [2.45, 2.75) is 53.8 Å². The maximum atomic E-state index is 11.2. The lowest BCUT2D eigenvalue weighted by Crippen LogP contribution is -2.16. The van der Waals surface area contributed by atoms with Crippen molar-refractivity contribution in [1.82, 2.24) is 10.3 Å². The molecule has 0 saturated carbocycles. The SMILES string of the molecule is Cc1noc(C)c1-c1ccc(NCC(C)O)c(N)c1.Cc1noc(C)c1-c1ccc(NCC(C)O)c([N+](=O)[O-])c1. The molecule has 0 radical (unpaired) electrons. The molecule has 6 N–H and O–H groups in total. The number of benzene rings is 2. The Labute approximate surface area is 232 Å². The highest BCUT2D eigenvalue weighted by Crippen LogP contribution is 2.34. The summed E-state index contributed by atoms with van der Waals surface area (Å²) in [5.41, 5.74) is 12.7. The summed E-state index contributed by atoms with van der Waals surface area (Å²) in [6.45, 7) is 11.4. The van der Waals surface area contributed by atoms with Crippen LogP contribution in [0.4, 0.5) is 22.7 Å². The molecule has 0 amide bonds. The minimum Gasteiger partial charge on any atom is -0.397 e. The number of anilines is 3. The van der Waals surface area contributed by atoms with Gasteiger partial charge in [-0.3, -0.25) is 10.1 Å². The third-order valence-electron chi connectivity index (χ3n) is 6.07. The lowest BCUT2D eigenvalue weighted by Gasteiger charge is -2.12. The van der Waals surface area contributed by atoms with Crippen LogP contribution in [0.5, 0.6) is 0 Å². The number of aliphatic hydroxyl groups is 2. The second-order valence-corrected chi connectivity index (χ2v) is 9.65. The van der Waals surface area contributed by atoms with E-state index in [1.54, 1.807) is 39.8 Å². The van der Waals surface area contributed by atoms with E-state index in [0.29, 0.717) is 34.9 Å². The zero-order chi connectivity index (χ0) is 29.6. The molecule has 0 aliphatic carbocycles. The number of aryl methyl sites for hydroxylation is 4. The van der Waals surface area contributed by atoms with Gasteiger partial charge in [0.2, 0.25) is 0 Å². The van der Waals surface area contributed by atoms with Crippen LogP contribution in [-0.4, -0.2) is 50.7 Å². The van der Waals surface area contributed by atoms with Crippen molar-refractivity contribution in [2.24, 2.45) is 0 Å². The van der Waals surface area contributed by atoms with Gasteiger partial charge in [-0.25, -0.2) is 0 Å². The van der Waals surface area contributed by atoms with E-state index in [9.17, 15) is 20.3 Å². The number of hydrogen-bond donors (Lipinski definition) is 5. The van der Waals surface area contributed by atoms with Crippen molar-refractivity contribution >= 4 is 22.7 Å². The van der Waals surface area contributed by atoms with Crippen LogP contribution >= 0.6 is 0 Å². The van der Waals surface area contributed by atoms with Crippen LogP contribution in [0.15, 0.2) is 45.4 Å². The quantitative estimate of drug-likeness (QED) is 0.107. The Kier molecular flexibility index (Phi) is 9.86. The van der Waals surface area contributed by atoms with E-state index in [1.165, 1.54) is 6.07 Å². The molecule has 2 aromatic heterocycles. The van der Waals surface area contributed by atoms with Crippen LogP contribution in [0, 0.1) is 37.8 Å². The number of nitrogens with one attached hydrogen (secondary N) is 2. The number of nitrogens with two attached hydrogens (primary N) is 1. The fourth-order valence-corrected chi connectivity index (χ4v) is 4.17. The van der Waals surface area contributed by atoms with Gasteiger partial charge in [0.15, 0.2) is 0 Å². The standard InChI is InChI=1S/C14H17N3O4.C14H19N3O2/c1-8(18)7-15-12-5-4-11(6-13(12)17(19)20)14-9(2)16-21-10(14)3;1-8(18)7-16-13-5-4-11(6-12(13)15)14-9(2)17-19-10(14)3/h4-6,8,15,18H,7H2,1-3H3;4-6,8,16,18H,7,15H2,1-3H3. The van der Waals surface area contributed by atoms with Crippen molar-refractivity contribution in [2.75, 3.05) is 29.5 Å². The Morgan fingerprint density at radius 1 is 0.850 bits per heavy atom. The Bertz CT molecular complexity index is 1420. The van der Waals surface area contributed by atoms with Gasteiger partial charge in [0.1, 0.15) is 17.2 Å². The molecule has 4 rings (SSSR count). The predicted molar refractivity (Wildman–Crippen MR) is 154 cm³/mol. The second-order valence-electron chi connectivity index (χ2n) is 9.65. The molecule has 4 aromatic rings. The van der Waals surface area contributed by atoms with E-state index in [-0.39, 0.29) is 12.2 Å². The third kappa shape index (κ3) is 7.36. The zero-order valence-electron chi connectivity index (χ0n) is 23.5. The zero-order valence-corrected chi connectivity index (χ0v) is 23.5. The smallest absolute Gasteiger partial charge is 0.292 e. The molecule has 0 bridgehead atoms. The summed E-state index contributed by atoms with van der Waals surface area (Å²) in [5, 5.41) is 43.5. The molecular formula is C28H36N6O6. The molecule has 2 unspecified atom stereocenters. The highest BCUT2D eigenvalue weighted by molar-refractivity contribution is 5.78. The van der Waals surface area contributed by atoms with Crippen LogP contribution in [-0.2, 0) is 0 Å². The molecule has 40 heavy (non-hydrogen) atoms. The predicted octanol–water partition coefficient (Wildman–Crippen LogP) is 4.99. The topological polar surface area (TPSA) is 186 Å². The summed E-state index contributed by atoms with van der Waals surface area (Å²) in [4.78, 5) is 10.8. The molecule has 12 nitrogen and oxygen atoms in total. The maximum absolute atomic E-state index is 11.2. The number of aliphatic hydroxyl groups excluding tert-OH is 2. The molecule has 0 saturated heterocycles. The number of rotatable bonds is 9. The normalized spacial score (nSPS) is 12.3. The van der Waals surface area contributed by atoms with Gasteiger partial charge in [0, 0.05) is 30.3 Å². The summed E-state index contributed by atoms with van der Waals surface area (Å²) in [7, 11) is 0. The number of hydrogen-bond acceptors (Lipinski definition) is 11. The molecule has 0 fully saturated rings. The van der Waals surface area contributed by atoms with E-state index >= 15 is 0 Å². The first-order valence-corrected chi connectivity index (χ1v) is 12.8. The molecular weight excluding hydrogens is 516 g/mol. The third-order valence-corrected chi connectivity index (χ3v) is 6.07. The Hall–Kier alpha value is -4.42. The van der Waals surface area contributed by atoms with Gasteiger partial charge in [-0.2, -0.15) is 0 Å². The molecule has 2 atom stereocenters. The summed E-state index contributed by atoms with van der Waals surface area (Å²) in [6, 6.07) is 10.6. The van der Waals surface area contributed by atoms with Crippen LogP contribution in [0.1, 0.15) is 36.8 Å². The molecule has 214 valence electrons. The fourth-order valence-electron chi connectivity index (χ4n) is 4.17. The Morgan fingerprint density at radius 3 is 1.70 bits per heavy atom. The number of nitro benzene ring substituents is 1. The van der Waals surface area contributed by atoms with E-state index in [1.807, 2.05) is 32.0 Å². The molecule has 0 aliphatic rings. The van der Waals surface area contributed by atoms with Crippen molar-refractivity contribution in [3.8, 4) is 22.3 Å². The molecule has 2 heterocycles. The van der Waals surface area contributed by atoms with E-state index < -0.39 is 17.1 Å². The Balaban J connectivity index is 0.000000222. The van der Waals surface area contributed by atoms with Gasteiger partial charge in [0.25, 0.3) is 5.69 Å². The first-order chi connectivity index (χ1) is 18.9. The second kappa shape index (κ2) is 13.1. The molecule has 0 aliphatic heterocycles. The monoisotopic (exact) mass is 552 g/mol. The summed E-state index contributed by atoms with van der Waals surface area (Å²) in [5.74, 6) is 1.40. The summed E-state index contributed by atoms with van der Waals surface area (Å²) >= 11 is 0. The van der Waals surface area contributed by atoms with Gasteiger partial charge in [-0.1, -0.05) is 22.4 Å². The van der Waals surface area contributed by atoms with Gasteiger partial charge in [0.05, 0.1) is 39.9 Å². The largest absolute Gasteiger partial charge is 0.397 e. The molecule has 12 heteroatoms. The first kappa shape index (κ1) is 30.1. The van der Waals surface area contributed by atoms with Crippen molar-refractivity contribution in [3.05, 3.63) is 69.4 Å². The van der Waals surface area contributed by atoms with E-state index in [4.69, 9.17) is 14.8 Å². The van der Waals surface area contributed by atoms with Crippen molar-refractivity contribution < 1.29 is 24.2 Å². The molecule has 2 aromatic carbocycles. The number of nitrogen functional groups attached to an aromatic ring is 1. The van der Waals surface area contributed by atoms with Crippen LogP contribution < -0.4 is 16.4 Å². The Morgan fingerprint density at radius 2 is 1.30 bits per heavy atom. The number of nitrogens with zero attached hydrogens (tertiary/aromatic N) is 3. The van der Waals surface area contributed by atoms with Gasteiger partial charge >= 0.3 is 0 Å². The molecule has 0 spiro atoms. The minimum atomic E-state index is -0.591. The highest BCUT2D eigenvalue weighted by atomic mass is 16.6. The first-order valence-electron chi connectivity index (χ1n) is 12.8. The van der Waals surface area contributed by atoms with Gasteiger partial charge in [-0.15, -0.1) is 0 Å². The van der Waals surface area contributed by atoms with Gasteiger partial charge in [-0.05, 0) is 70.9 Å². The van der Waals surface area contributed by atoms with E-state index in [0.717, 1.165) is 33.8 Å². The minimum absolute atomic E-state index is 0.0480. The van der Waals surface area contributed by atoms with Crippen molar-refractivity contribution in [3.63, 3.8) is 0 Å². The van der Waals surface area contributed by atoms with Crippen molar-refractivity contribution in [1.29, 1.82) is 0 Å². The van der Waals surface area contributed by atoms with Crippen LogP contribution in [0.25, 0.3) is 22.3 Å². The highest BCUT2D eigenvalue weighted by Gasteiger charge is 2.19. The average Bonchev–Trinajstić information content (AvgIpc) is 3.41. The van der Waals surface area contributed by atoms with Crippen LogP contribution in [0.2, 0.25) is 0 Å². The lowest BCUT2D eigenvalue weighted by atomic mass is 10.0. The summed E-state index contributed by atoms with van der Waals surface area (Å²) in [6.07, 6.45) is -1.01. The fraction of sp³-hybridized carbons (Fsp3) is 0.357.